The number of ether oxygens (including phenoxy) is 1. The minimum Gasteiger partial charge on any atom is -0.478 e. The van der Waals surface area contributed by atoms with Crippen LogP contribution >= 0.6 is 0 Å². The van der Waals surface area contributed by atoms with Crippen molar-refractivity contribution >= 4 is 28.8 Å². The van der Waals surface area contributed by atoms with Crippen LogP contribution in [0.3, 0.4) is 0 Å². The van der Waals surface area contributed by atoms with Gasteiger partial charge in [0.1, 0.15) is 29.3 Å². The molecule has 11 nitrogen and oxygen atoms in total. The second-order valence-electron chi connectivity index (χ2n) is 11.2. The number of likely N-dealkylation sites (N-methyl/N-ethyl adjacent to an activating group) is 1. The second-order valence-corrected chi connectivity index (χ2v) is 11.2. The van der Waals surface area contributed by atoms with Crippen LogP contribution in [-0.2, 0) is 9.59 Å². The molecule has 1 aliphatic carbocycles. The quantitative estimate of drug-likeness (QED) is 0.251. The molecule has 0 amide bonds. The predicted octanol–water partition coefficient (Wildman–Crippen LogP) is 4.92. The molecule has 0 spiro atoms. The van der Waals surface area contributed by atoms with Crippen molar-refractivity contribution in [3.05, 3.63) is 79.3 Å². The number of nitrogens with two attached hydrogens (primary N) is 1. The summed E-state index contributed by atoms with van der Waals surface area (Å²) in [6.07, 6.45) is 9.73. The van der Waals surface area contributed by atoms with Crippen LogP contribution in [0.4, 0.5) is 5.82 Å². The van der Waals surface area contributed by atoms with E-state index in [1.54, 1.807) is 6.33 Å². The van der Waals surface area contributed by atoms with E-state index in [1.807, 2.05) is 42.5 Å². The third kappa shape index (κ3) is 7.61. The number of piperazine rings is 1. The van der Waals surface area contributed by atoms with Crippen molar-refractivity contribution in [1.82, 2.24) is 24.3 Å². The van der Waals surface area contributed by atoms with Crippen molar-refractivity contribution in [2.45, 2.75) is 37.8 Å². The molecule has 4 N–H and O–H groups in total. The van der Waals surface area contributed by atoms with Crippen molar-refractivity contribution in [2.24, 2.45) is 0 Å². The second kappa shape index (κ2) is 14.2. The van der Waals surface area contributed by atoms with Gasteiger partial charge in [-0.3, -0.25) is 4.90 Å². The summed E-state index contributed by atoms with van der Waals surface area (Å²) in [4.78, 5) is 33.2. The van der Waals surface area contributed by atoms with Gasteiger partial charge in [-0.1, -0.05) is 30.3 Å². The highest BCUT2D eigenvalue weighted by atomic mass is 16.5. The number of carbonyl (C=O) groups is 2. The number of nitrogen functional groups attached to an aromatic ring is 1. The zero-order valence-electron chi connectivity index (χ0n) is 24.7. The summed E-state index contributed by atoms with van der Waals surface area (Å²) in [6, 6.07) is 19.2. The molecule has 230 valence electrons. The Morgan fingerprint density at radius 1 is 0.841 bits per heavy atom. The molecule has 2 aliphatic rings. The fourth-order valence-corrected chi connectivity index (χ4v) is 5.96. The molecule has 3 heterocycles. The number of aliphatic carboxylic acids is 2. The van der Waals surface area contributed by atoms with Crippen molar-refractivity contribution < 1.29 is 24.5 Å². The van der Waals surface area contributed by atoms with E-state index in [2.05, 4.69) is 49.7 Å². The number of fused-ring (bicyclic) bond motifs is 1. The standard InChI is InChI=1S/C29H34N6O.C4H4O4/c1-33-15-17-34(18-16-33)22-9-11-23(12-10-22)35-19-26(27-28(30)31-20-32-29(27)35)21-7-13-25(14-8-21)36-24-5-3-2-4-6-24;5-3(6)1-2-4(7)8/h2-8,13-14,19-20,22-23H,9-12,15-18H2,1H3,(H2,30,31,32);1-2H,(H,5,6)(H,7,8)/b;2-1-. The largest absolute Gasteiger partial charge is 0.478 e. The Morgan fingerprint density at radius 2 is 1.43 bits per heavy atom. The van der Waals surface area contributed by atoms with Gasteiger partial charge in [0.2, 0.25) is 0 Å². The third-order valence-corrected chi connectivity index (χ3v) is 8.27. The summed E-state index contributed by atoms with van der Waals surface area (Å²) < 4.78 is 8.34. The zero-order chi connectivity index (χ0) is 31.1. The molecule has 2 aromatic carbocycles. The molecule has 44 heavy (non-hydrogen) atoms. The number of anilines is 1. The molecular formula is C33H38N6O5. The number of hydrogen-bond acceptors (Lipinski definition) is 8. The van der Waals surface area contributed by atoms with E-state index in [1.165, 1.54) is 39.0 Å². The summed E-state index contributed by atoms with van der Waals surface area (Å²) >= 11 is 0. The average molecular weight is 599 g/mol. The van der Waals surface area contributed by atoms with Crippen molar-refractivity contribution in [3.63, 3.8) is 0 Å². The maximum Gasteiger partial charge on any atom is 0.328 e. The molecule has 1 saturated heterocycles. The first-order valence-corrected chi connectivity index (χ1v) is 14.8. The van der Waals surface area contributed by atoms with E-state index in [-0.39, 0.29) is 0 Å². The Labute approximate surface area is 256 Å². The molecule has 2 aromatic heterocycles. The molecule has 1 aliphatic heterocycles. The van der Waals surface area contributed by atoms with Crippen molar-refractivity contribution in [2.75, 3.05) is 39.0 Å². The number of benzene rings is 2. The molecule has 6 rings (SSSR count). The Morgan fingerprint density at radius 3 is 2.05 bits per heavy atom. The van der Waals surface area contributed by atoms with Gasteiger partial charge < -0.3 is 30.2 Å². The maximum absolute atomic E-state index is 9.55. The van der Waals surface area contributed by atoms with Crippen LogP contribution in [0.25, 0.3) is 22.2 Å². The minimum atomic E-state index is -1.26. The summed E-state index contributed by atoms with van der Waals surface area (Å²) in [7, 11) is 2.22. The lowest BCUT2D eigenvalue weighted by Crippen LogP contribution is -2.49. The Bertz CT molecular complexity index is 1570. The molecule has 0 radical (unpaired) electrons. The van der Waals surface area contributed by atoms with Crippen molar-refractivity contribution in [1.29, 1.82) is 0 Å². The van der Waals surface area contributed by atoms with Gasteiger partial charge in [-0.25, -0.2) is 19.6 Å². The summed E-state index contributed by atoms with van der Waals surface area (Å²) in [5.74, 6) is -0.351. The average Bonchev–Trinajstić information content (AvgIpc) is 3.43. The number of hydrogen-bond donors (Lipinski definition) is 3. The van der Waals surface area contributed by atoms with Gasteiger partial charge in [0.15, 0.2) is 0 Å². The molecule has 1 saturated carbocycles. The number of rotatable bonds is 7. The molecule has 4 aromatic rings. The SMILES string of the molecule is CN1CCN(C2CCC(n3cc(-c4ccc(Oc5ccccc5)cc4)c4c(N)ncnc43)CC2)CC1.O=C(O)/C=C\C(=O)O. The van der Waals surface area contributed by atoms with Crippen LogP contribution < -0.4 is 10.5 Å². The minimum absolute atomic E-state index is 0.431. The topological polar surface area (TPSA) is 147 Å². The van der Waals surface area contributed by atoms with Crippen LogP contribution in [0.1, 0.15) is 31.7 Å². The van der Waals surface area contributed by atoms with E-state index in [4.69, 9.17) is 20.7 Å². The number of aromatic nitrogens is 3. The lowest BCUT2D eigenvalue weighted by Gasteiger charge is -2.41. The Balaban J connectivity index is 0.000000426. The maximum atomic E-state index is 9.55. The fraction of sp³-hybridized carbons (Fsp3) is 0.333. The number of nitrogens with zero attached hydrogens (tertiary/aromatic N) is 5. The first kappa shape index (κ1) is 30.7. The highest BCUT2D eigenvalue weighted by Gasteiger charge is 2.30. The monoisotopic (exact) mass is 598 g/mol. The van der Waals surface area contributed by atoms with E-state index >= 15 is 0 Å². The lowest BCUT2D eigenvalue weighted by atomic mass is 9.89. The fourth-order valence-electron chi connectivity index (χ4n) is 5.96. The highest BCUT2D eigenvalue weighted by molar-refractivity contribution is 6.00. The molecular weight excluding hydrogens is 560 g/mol. The first-order valence-electron chi connectivity index (χ1n) is 14.8. The van der Waals surface area contributed by atoms with Crippen LogP contribution in [0, 0.1) is 0 Å². The number of para-hydroxylation sites is 1. The van der Waals surface area contributed by atoms with Gasteiger partial charge in [0, 0.05) is 62.2 Å². The molecule has 2 fully saturated rings. The summed E-state index contributed by atoms with van der Waals surface area (Å²) in [5.41, 5.74) is 9.50. The summed E-state index contributed by atoms with van der Waals surface area (Å²) in [5, 5.41) is 16.6. The normalized spacial score (nSPS) is 19.4. The van der Waals surface area contributed by atoms with Gasteiger partial charge in [-0.2, -0.15) is 0 Å². The van der Waals surface area contributed by atoms with Gasteiger partial charge in [-0.05, 0) is 62.6 Å². The Hall–Kier alpha value is -4.74. The lowest BCUT2D eigenvalue weighted by molar-refractivity contribution is -0.134. The zero-order valence-corrected chi connectivity index (χ0v) is 24.7. The van der Waals surface area contributed by atoms with E-state index in [9.17, 15) is 9.59 Å². The predicted molar refractivity (Wildman–Crippen MR) is 169 cm³/mol. The van der Waals surface area contributed by atoms with E-state index in [0.29, 0.717) is 30.1 Å². The molecule has 0 atom stereocenters. The molecule has 0 unspecified atom stereocenters. The van der Waals surface area contributed by atoms with Crippen LogP contribution in [0.15, 0.2) is 79.3 Å². The van der Waals surface area contributed by atoms with E-state index in [0.717, 1.165) is 46.5 Å². The van der Waals surface area contributed by atoms with Crippen LogP contribution in [0.5, 0.6) is 11.5 Å². The molecule has 0 bridgehead atoms. The van der Waals surface area contributed by atoms with Gasteiger partial charge in [0.05, 0.1) is 5.39 Å². The Kier molecular flexibility index (Phi) is 9.88. The van der Waals surface area contributed by atoms with Gasteiger partial charge >= 0.3 is 11.9 Å². The van der Waals surface area contributed by atoms with Crippen LogP contribution in [-0.4, -0.2) is 85.8 Å². The van der Waals surface area contributed by atoms with Gasteiger partial charge in [-0.15, -0.1) is 0 Å². The van der Waals surface area contributed by atoms with Crippen LogP contribution in [0.2, 0.25) is 0 Å². The highest BCUT2D eigenvalue weighted by Crippen LogP contribution is 2.39. The summed E-state index contributed by atoms with van der Waals surface area (Å²) in [6.45, 7) is 4.74. The van der Waals surface area contributed by atoms with E-state index < -0.39 is 11.9 Å². The third-order valence-electron chi connectivity index (χ3n) is 8.27. The smallest absolute Gasteiger partial charge is 0.328 e. The first-order chi connectivity index (χ1) is 21.3. The van der Waals surface area contributed by atoms with Gasteiger partial charge in [0.25, 0.3) is 0 Å². The van der Waals surface area contributed by atoms with Crippen molar-refractivity contribution in [3.8, 4) is 22.6 Å². The number of carboxylic acid groups (broad SMARTS) is 2. The molecule has 11 heteroatoms. The number of carboxylic acids is 2.